The van der Waals surface area contributed by atoms with Crippen LogP contribution in [-0.4, -0.2) is 71.2 Å². The second kappa shape index (κ2) is 8.35. The van der Waals surface area contributed by atoms with Crippen LogP contribution in [0.3, 0.4) is 0 Å². The summed E-state index contributed by atoms with van der Waals surface area (Å²) in [6, 6.07) is 15.2. The lowest BCUT2D eigenvalue weighted by atomic mass is 10.0. The molecule has 2 aliphatic heterocycles. The SMILES string of the molecule is Cc1ccc2[nH]nc(C(=O)N3CCCC(N4CCN(c5ccccc5C)CC4)C3)c2c1. The zero-order chi connectivity index (χ0) is 21.4. The number of aryl methyl sites for hydroxylation is 2. The van der Waals surface area contributed by atoms with E-state index >= 15 is 0 Å². The Hall–Kier alpha value is -2.86. The fourth-order valence-electron chi connectivity index (χ4n) is 5.12. The molecule has 0 saturated carbocycles. The summed E-state index contributed by atoms with van der Waals surface area (Å²) in [7, 11) is 0. The molecule has 1 unspecified atom stereocenters. The normalized spacial score (nSPS) is 20.4. The molecular formula is C25H31N5O. The van der Waals surface area contributed by atoms with E-state index in [0.29, 0.717) is 11.7 Å². The van der Waals surface area contributed by atoms with Crippen molar-refractivity contribution in [3.63, 3.8) is 0 Å². The van der Waals surface area contributed by atoms with E-state index in [1.54, 1.807) is 0 Å². The van der Waals surface area contributed by atoms with E-state index < -0.39 is 0 Å². The summed E-state index contributed by atoms with van der Waals surface area (Å²) in [4.78, 5) is 20.4. The number of benzene rings is 2. The summed E-state index contributed by atoms with van der Waals surface area (Å²) in [5.74, 6) is 0.0556. The van der Waals surface area contributed by atoms with Gasteiger partial charge in [-0.05, 0) is 50.5 Å². The quantitative estimate of drug-likeness (QED) is 0.707. The number of hydrogen-bond acceptors (Lipinski definition) is 4. The molecule has 2 aliphatic rings. The Morgan fingerprint density at radius 2 is 1.84 bits per heavy atom. The van der Waals surface area contributed by atoms with Crippen LogP contribution in [0.15, 0.2) is 42.5 Å². The van der Waals surface area contributed by atoms with Crippen LogP contribution in [0.1, 0.15) is 34.5 Å². The number of carbonyl (C=O) groups excluding carboxylic acids is 1. The van der Waals surface area contributed by atoms with Crippen molar-refractivity contribution in [2.75, 3.05) is 44.2 Å². The van der Waals surface area contributed by atoms with Crippen molar-refractivity contribution in [1.82, 2.24) is 20.0 Å². The third-order valence-electron chi connectivity index (χ3n) is 6.89. The van der Waals surface area contributed by atoms with Gasteiger partial charge in [-0.3, -0.25) is 14.8 Å². The van der Waals surface area contributed by atoms with E-state index in [0.717, 1.165) is 68.6 Å². The first kappa shape index (κ1) is 20.1. The van der Waals surface area contributed by atoms with Crippen molar-refractivity contribution in [1.29, 1.82) is 0 Å². The number of carbonyl (C=O) groups is 1. The monoisotopic (exact) mass is 417 g/mol. The second-order valence-corrected chi connectivity index (χ2v) is 8.98. The molecule has 2 aromatic carbocycles. The number of nitrogens with zero attached hydrogens (tertiary/aromatic N) is 4. The number of para-hydroxylation sites is 1. The molecule has 6 heteroatoms. The van der Waals surface area contributed by atoms with Crippen LogP contribution in [0.4, 0.5) is 5.69 Å². The Morgan fingerprint density at radius 3 is 2.65 bits per heavy atom. The summed E-state index contributed by atoms with van der Waals surface area (Å²) in [5, 5.41) is 8.32. The molecule has 0 radical (unpaired) electrons. The number of fused-ring (bicyclic) bond motifs is 1. The molecule has 0 spiro atoms. The maximum Gasteiger partial charge on any atom is 0.275 e. The Kier molecular flexibility index (Phi) is 5.40. The van der Waals surface area contributed by atoms with Crippen LogP contribution in [0.5, 0.6) is 0 Å². The van der Waals surface area contributed by atoms with Gasteiger partial charge in [0.2, 0.25) is 0 Å². The highest BCUT2D eigenvalue weighted by Crippen LogP contribution is 2.25. The molecule has 162 valence electrons. The van der Waals surface area contributed by atoms with Crippen molar-refractivity contribution in [3.8, 4) is 0 Å². The Bertz CT molecular complexity index is 1080. The van der Waals surface area contributed by atoms with Crippen molar-refractivity contribution in [2.45, 2.75) is 32.7 Å². The van der Waals surface area contributed by atoms with E-state index in [4.69, 9.17) is 0 Å². The summed E-state index contributed by atoms with van der Waals surface area (Å²) in [5.41, 5.74) is 5.32. The van der Waals surface area contributed by atoms with Crippen LogP contribution < -0.4 is 4.90 Å². The molecule has 1 atom stereocenters. The summed E-state index contributed by atoms with van der Waals surface area (Å²) in [6.45, 7) is 10.0. The molecule has 1 aromatic heterocycles. The molecule has 3 aromatic rings. The van der Waals surface area contributed by atoms with Gasteiger partial charge < -0.3 is 9.80 Å². The first-order valence-corrected chi connectivity index (χ1v) is 11.4. The zero-order valence-electron chi connectivity index (χ0n) is 18.5. The number of aromatic nitrogens is 2. The highest BCUT2D eigenvalue weighted by Gasteiger charge is 2.31. The standard InChI is InChI=1S/C25H31N5O/c1-18-9-10-22-21(16-18)24(27-26-22)25(31)30-11-5-7-20(17-30)28-12-14-29(15-13-28)23-8-4-3-6-19(23)2/h3-4,6,8-10,16,20H,5,7,11-15,17H2,1-2H3,(H,26,27). The Labute approximate surface area is 183 Å². The number of hydrogen-bond donors (Lipinski definition) is 1. The fraction of sp³-hybridized carbons (Fsp3) is 0.440. The fourth-order valence-corrected chi connectivity index (χ4v) is 5.12. The van der Waals surface area contributed by atoms with Gasteiger partial charge in [0.25, 0.3) is 5.91 Å². The number of anilines is 1. The maximum atomic E-state index is 13.3. The molecule has 31 heavy (non-hydrogen) atoms. The molecule has 2 fully saturated rings. The van der Waals surface area contributed by atoms with Gasteiger partial charge in [-0.2, -0.15) is 5.10 Å². The van der Waals surface area contributed by atoms with Crippen LogP contribution in [0.25, 0.3) is 10.9 Å². The minimum Gasteiger partial charge on any atom is -0.369 e. The number of aromatic amines is 1. The molecule has 1 amide bonds. The predicted molar refractivity (Wildman–Crippen MR) is 125 cm³/mol. The first-order chi connectivity index (χ1) is 15.1. The van der Waals surface area contributed by atoms with Gasteiger partial charge in [-0.25, -0.2) is 0 Å². The highest BCUT2D eigenvalue weighted by atomic mass is 16.2. The number of rotatable bonds is 3. The zero-order valence-corrected chi connectivity index (χ0v) is 18.5. The molecule has 2 saturated heterocycles. The van der Waals surface area contributed by atoms with Gasteiger partial charge in [-0.1, -0.05) is 29.8 Å². The Balaban J connectivity index is 1.25. The largest absolute Gasteiger partial charge is 0.369 e. The third-order valence-corrected chi connectivity index (χ3v) is 6.89. The lowest BCUT2D eigenvalue weighted by molar-refractivity contribution is 0.0560. The van der Waals surface area contributed by atoms with Gasteiger partial charge >= 0.3 is 0 Å². The van der Waals surface area contributed by atoms with E-state index in [1.165, 1.54) is 11.3 Å². The minimum atomic E-state index is 0.0556. The average Bonchev–Trinajstić information content (AvgIpc) is 3.22. The molecule has 1 N–H and O–H groups in total. The van der Waals surface area contributed by atoms with Crippen molar-refractivity contribution in [3.05, 3.63) is 59.3 Å². The molecule has 6 nitrogen and oxygen atoms in total. The predicted octanol–water partition coefficient (Wildman–Crippen LogP) is 3.61. The van der Waals surface area contributed by atoms with Gasteiger partial charge in [0.1, 0.15) is 0 Å². The van der Waals surface area contributed by atoms with Crippen molar-refractivity contribution >= 4 is 22.5 Å². The van der Waals surface area contributed by atoms with Crippen LogP contribution in [-0.2, 0) is 0 Å². The summed E-state index contributed by atoms with van der Waals surface area (Å²) >= 11 is 0. The number of piperazine rings is 1. The topological polar surface area (TPSA) is 55.5 Å². The second-order valence-electron chi connectivity index (χ2n) is 8.98. The van der Waals surface area contributed by atoms with Gasteiger partial charge in [0, 0.05) is 56.4 Å². The minimum absolute atomic E-state index is 0.0556. The number of likely N-dealkylation sites (tertiary alicyclic amines) is 1. The average molecular weight is 418 g/mol. The molecule has 3 heterocycles. The summed E-state index contributed by atoms with van der Waals surface area (Å²) in [6.07, 6.45) is 2.21. The van der Waals surface area contributed by atoms with Gasteiger partial charge in [-0.15, -0.1) is 0 Å². The first-order valence-electron chi connectivity index (χ1n) is 11.4. The number of piperidine rings is 1. The van der Waals surface area contributed by atoms with Crippen molar-refractivity contribution < 1.29 is 4.79 Å². The number of nitrogens with one attached hydrogen (secondary N) is 1. The Morgan fingerprint density at radius 1 is 1.03 bits per heavy atom. The van der Waals surface area contributed by atoms with Crippen LogP contribution in [0, 0.1) is 13.8 Å². The number of amides is 1. The molecule has 0 aliphatic carbocycles. The van der Waals surface area contributed by atoms with E-state index in [9.17, 15) is 4.79 Å². The van der Waals surface area contributed by atoms with E-state index in [2.05, 4.69) is 57.3 Å². The van der Waals surface area contributed by atoms with Gasteiger partial charge in [0.05, 0.1) is 5.52 Å². The van der Waals surface area contributed by atoms with Crippen LogP contribution >= 0.6 is 0 Å². The van der Waals surface area contributed by atoms with Crippen LogP contribution in [0.2, 0.25) is 0 Å². The maximum absolute atomic E-state index is 13.3. The smallest absolute Gasteiger partial charge is 0.275 e. The van der Waals surface area contributed by atoms with E-state index in [1.807, 2.05) is 24.0 Å². The highest BCUT2D eigenvalue weighted by molar-refractivity contribution is 6.04. The lowest BCUT2D eigenvalue weighted by Gasteiger charge is -2.44. The van der Waals surface area contributed by atoms with Gasteiger partial charge in [0.15, 0.2) is 5.69 Å². The summed E-state index contributed by atoms with van der Waals surface area (Å²) < 4.78 is 0. The van der Waals surface area contributed by atoms with Crippen molar-refractivity contribution in [2.24, 2.45) is 0 Å². The molecule has 0 bridgehead atoms. The van der Waals surface area contributed by atoms with E-state index in [-0.39, 0.29) is 5.91 Å². The molecular weight excluding hydrogens is 386 g/mol. The third kappa shape index (κ3) is 3.92. The lowest BCUT2D eigenvalue weighted by Crippen LogP contribution is -2.56. The number of H-pyrrole nitrogens is 1. The molecule has 5 rings (SSSR count).